The molecule has 5 heteroatoms. The minimum absolute atomic E-state index is 0.169. The topological polar surface area (TPSA) is 58.7 Å². The highest BCUT2D eigenvalue weighted by atomic mass is 32.1. The number of hydrogen-bond donors (Lipinski definition) is 0. The Bertz CT molecular complexity index is 551. The average molecular weight is 217 g/mol. The van der Waals surface area contributed by atoms with E-state index in [2.05, 4.69) is 4.98 Å². The van der Waals surface area contributed by atoms with E-state index < -0.39 is 0 Å². The highest BCUT2D eigenvalue weighted by Gasteiger charge is 2.03. The van der Waals surface area contributed by atoms with Gasteiger partial charge in [-0.25, -0.2) is 0 Å². The van der Waals surface area contributed by atoms with Gasteiger partial charge in [0.25, 0.3) is 5.56 Å². The summed E-state index contributed by atoms with van der Waals surface area (Å²) in [6, 6.07) is 5.08. The monoisotopic (exact) mass is 217 g/mol. The van der Waals surface area contributed by atoms with Gasteiger partial charge in [-0.15, -0.1) is 11.3 Å². The van der Waals surface area contributed by atoms with Gasteiger partial charge in [-0.2, -0.15) is 5.26 Å². The van der Waals surface area contributed by atoms with E-state index in [-0.39, 0.29) is 11.1 Å². The molecule has 0 aromatic carbocycles. The summed E-state index contributed by atoms with van der Waals surface area (Å²) in [5.74, 6) is 0. The largest absolute Gasteiger partial charge is 0.309 e. The molecule has 2 heterocycles. The fraction of sp³-hybridized carbons (Fsp3) is 0.100. The van der Waals surface area contributed by atoms with Crippen LogP contribution in [0.3, 0.4) is 0 Å². The zero-order valence-electron chi connectivity index (χ0n) is 7.75. The molecule has 15 heavy (non-hydrogen) atoms. The van der Waals surface area contributed by atoms with Crippen LogP contribution in [0, 0.1) is 11.3 Å². The maximum absolute atomic E-state index is 11.7. The molecular formula is C10H7N3OS. The molecule has 2 rings (SSSR count). The van der Waals surface area contributed by atoms with Crippen molar-refractivity contribution < 1.29 is 0 Å². The summed E-state index contributed by atoms with van der Waals surface area (Å²) in [4.78, 5) is 16.6. The molecule has 0 aliphatic carbocycles. The Balaban J connectivity index is 2.39. The average Bonchev–Trinajstić information content (AvgIpc) is 2.74. The van der Waals surface area contributed by atoms with Crippen LogP contribution in [-0.2, 0) is 6.54 Å². The normalized spacial score (nSPS) is 9.80. The van der Waals surface area contributed by atoms with Crippen LogP contribution in [0.25, 0.3) is 0 Å². The van der Waals surface area contributed by atoms with Crippen molar-refractivity contribution in [3.05, 3.63) is 50.8 Å². The molecule has 0 saturated heterocycles. The molecular weight excluding hydrogens is 210 g/mol. The van der Waals surface area contributed by atoms with Crippen molar-refractivity contribution in [2.24, 2.45) is 0 Å². The molecule has 74 valence electrons. The Morgan fingerprint density at radius 2 is 2.47 bits per heavy atom. The number of aromatic nitrogens is 2. The summed E-state index contributed by atoms with van der Waals surface area (Å²) >= 11 is 1.49. The highest BCUT2D eigenvalue weighted by Crippen LogP contribution is 2.06. The van der Waals surface area contributed by atoms with Crippen LogP contribution >= 0.6 is 11.3 Å². The van der Waals surface area contributed by atoms with Crippen LogP contribution in [0.15, 0.2) is 34.8 Å². The molecule has 0 aliphatic heterocycles. The zero-order chi connectivity index (χ0) is 10.7. The van der Waals surface area contributed by atoms with E-state index in [4.69, 9.17) is 5.26 Å². The summed E-state index contributed by atoms with van der Waals surface area (Å²) in [6.45, 7) is 0.471. The molecule has 0 amide bonds. The van der Waals surface area contributed by atoms with Crippen molar-refractivity contribution >= 4 is 11.3 Å². The lowest BCUT2D eigenvalue weighted by Crippen LogP contribution is -2.21. The quantitative estimate of drug-likeness (QED) is 0.760. The number of thiazole rings is 1. The van der Waals surface area contributed by atoms with E-state index in [1.54, 1.807) is 24.0 Å². The van der Waals surface area contributed by atoms with Crippen LogP contribution in [0.2, 0.25) is 0 Å². The molecule has 2 aromatic rings. The highest BCUT2D eigenvalue weighted by molar-refractivity contribution is 7.09. The van der Waals surface area contributed by atoms with Gasteiger partial charge in [0.1, 0.15) is 11.6 Å². The Hall–Kier alpha value is -1.93. The van der Waals surface area contributed by atoms with Crippen molar-refractivity contribution in [3.63, 3.8) is 0 Å². The molecule has 0 atom stereocenters. The third kappa shape index (κ3) is 1.95. The number of pyridine rings is 1. The SMILES string of the molecule is N#Cc1cccn(Cc2cncs2)c1=O. The molecule has 2 aromatic heterocycles. The fourth-order valence-electron chi connectivity index (χ4n) is 1.23. The second kappa shape index (κ2) is 4.07. The molecule has 0 fully saturated rings. The second-order valence-corrected chi connectivity index (χ2v) is 3.91. The van der Waals surface area contributed by atoms with E-state index in [1.807, 2.05) is 6.07 Å². The third-order valence-corrected chi connectivity index (χ3v) is 2.71. The first kappa shape index (κ1) is 9.62. The van der Waals surface area contributed by atoms with Crippen LogP contribution in [0.1, 0.15) is 10.4 Å². The molecule has 0 bridgehead atoms. The Kier molecular flexibility index (Phi) is 2.61. The smallest absolute Gasteiger partial charge is 0.268 e. The van der Waals surface area contributed by atoms with E-state index in [0.717, 1.165) is 4.88 Å². The minimum Gasteiger partial charge on any atom is -0.309 e. The van der Waals surface area contributed by atoms with Gasteiger partial charge in [0.2, 0.25) is 0 Å². The zero-order valence-corrected chi connectivity index (χ0v) is 8.57. The van der Waals surface area contributed by atoms with Crippen LogP contribution < -0.4 is 5.56 Å². The van der Waals surface area contributed by atoms with Crippen molar-refractivity contribution in [1.82, 2.24) is 9.55 Å². The molecule has 4 nitrogen and oxygen atoms in total. The summed E-state index contributed by atoms with van der Waals surface area (Å²) < 4.78 is 1.51. The number of rotatable bonds is 2. The van der Waals surface area contributed by atoms with Crippen LogP contribution in [-0.4, -0.2) is 9.55 Å². The lowest BCUT2D eigenvalue weighted by atomic mass is 10.3. The summed E-state index contributed by atoms with van der Waals surface area (Å²) in [7, 11) is 0. The van der Waals surface area contributed by atoms with Gasteiger partial charge in [-0.1, -0.05) is 0 Å². The van der Waals surface area contributed by atoms with Gasteiger partial charge < -0.3 is 4.57 Å². The molecule has 0 unspecified atom stereocenters. The Morgan fingerprint density at radius 3 is 3.13 bits per heavy atom. The second-order valence-electron chi connectivity index (χ2n) is 2.93. The van der Waals surface area contributed by atoms with E-state index >= 15 is 0 Å². The lowest BCUT2D eigenvalue weighted by Gasteiger charge is -2.02. The van der Waals surface area contributed by atoms with Crippen LogP contribution in [0.4, 0.5) is 0 Å². The number of nitrogens with zero attached hydrogens (tertiary/aromatic N) is 3. The maximum Gasteiger partial charge on any atom is 0.268 e. The molecule has 0 N–H and O–H groups in total. The molecule has 0 radical (unpaired) electrons. The van der Waals surface area contributed by atoms with Gasteiger partial charge >= 0.3 is 0 Å². The van der Waals surface area contributed by atoms with Crippen molar-refractivity contribution in [1.29, 1.82) is 5.26 Å². The van der Waals surface area contributed by atoms with E-state index in [0.29, 0.717) is 6.54 Å². The van der Waals surface area contributed by atoms with Gasteiger partial charge in [-0.3, -0.25) is 9.78 Å². The van der Waals surface area contributed by atoms with Crippen molar-refractivity contribution in [2.45, 2.75) is 6.54 Å². The van der Waals surface area contributed by atoms with Crippen molar-refractivity contribution in [3.8, 4) is 6.07 Å². The van der Waals surface area contributed by atoms with Crippen molar-refractivity contribution in [2.75, 3.05) is 0 Å². The Labute approximate surface area is 90.1 Å². The predicted molar refractivity (Wildman–Crippen MR) is 56.6 cm³/mol. The summed E-state index contributed by atoms with van der Waals surface area (Å²) in [6.07, 6.45) is 3.39. The predicted octanol–water partition coefficient (Wildman–Crippen LogP) is 1.22. The standard InChI is InChI=1S/C10H7N3OS/c11-4-8-2-1-3-13(10(8)14)6-9-5-12-7-15-9/h1-3,5,7H,6H2. The summed E-state index contributed by atoms with van der Waals surface area (Å²) in [5.41, 5.74) is 1.63. The van der Waals surface area contributed by atoms with Gasteiger partial charge in [0, 0.05) is 17.3 Å². The van der Waals surface area contributed by atoms with Gasteiger partial charge in [0.05, 0.1) is 12.1 Å². The third-order valence-electron chi connectivity index (χ3n) is 1.95. The van der Waals surface area contributed by atoms with E-state index in [1.165, 1.54) is 22.0 Å². The maximum atomic E-state index is 11.7. The molecule has 0 aliphatic rings. The van der Waals surface area contributed by atoms with Crippen LogP contribution in [0.5, 0.6) is 0 Å². The van der Waals surface area contributed by atoms with Gasteiger partial charge in [0.15, 0.2) is 0 Å². The molecule has 0 saturated carbocycles. The first-order chi connectivity index (χ1) is 7.31. The van der Waals surface area contributed by atoms with Gasteiger partial charge in [-0.05, 0) is 12.1 Å². The number of hydrogen-bond acceptors (Lipinski definition) is 4. The first-order valence-corrected chi connectivity index (χ1v) is 5.16. The van der Waals surface area contributed by atoms with E-state index in [9.17, 15) is 4.79 Å². The fourth-order valence-corrected chi connectivity index (χ4v) is 1.83. The first-order valence-electron chi connectivity index (χ1n) is 4.28. The Morgan fingerprint density at radius 1 is 1.60 bits per heavy atom. The minimum atomic E-state index is -0.256. The lowest BCUT2D eigenvalue weighted by molar-refractivity contribution is 0.765. The number of nitriles is 1. The summed E-state index contributed by atoms with van der Waals surface area (Å²) in [5, 5.41) is 8.70. The molecule has 0 spiro atoms.